The van der Waals surface area contributed by atoms with Gasteiger partial charge in [0.15, 0.2) is 0 Å². The molecule has 0 fully saturated rings. The van der Waals surface area contributed by atoms with E-state index in [0.29, 0.717) is 5.92 Å². The fourth-order valence-electron chi connectivity index (χ4n) is 1.81. The first-order chi connectivity index (χ1) is 5.68. The largest absolute Gasteiger partial charge is 0.272 e. The number of aryl methyl sites for hydroxylation is 2. The molecule has 1 unspecified atom stereocenters. The molecule has 0 saturated heterocycles. The summed E-state index contributed by atoms with van der Waals surface area (Å²) in [5, 5.41) is 4.39. The first-order valence-corrected chi connectivity index (χ1v) is 4.39. The van der Waals surface area contributed by atoms with Gasteiger partial charge in [-0.05, 0) is 19.3 Å². The maximum atomic E-state index is 4.39. The van der Waals surface area contributed by atoms with Gasteiger partial charge in [-0.2, -0.15) is 5.10 Å². The van der Waals surface area contributed by atoms with Crippen molar-refractivity contribution in [3.8, 4) is 0 Å². The van der Waals surface area contributed by atoms with Crippen molar-refractivity contribution in [1.82, 2.24) is 9.78 Å². The Morgan fingerprint density at radius 1 is 1.58 bits per heavy atom. The average Bonchev–Trinajstić information content (AvgIpc) is 2.28. The molecule has 1 atom stereocenters. The highest BCUT2D eigenvalue weighted by molar-refractivity contribution is 5.57. The van der Waals surface area contributed by atoms with Gasteiger partial charge in [0.2, 0.25) is 0 Å². The summed E-state index contributed by atoms with van der Waals surface area (Å²) in [6.45, 7) is 4.31. The molecule has 2 nitrogen and oxygen atoms in total. The zero-order chi connectivity index (χ0) is 8.72. The van der Waals surface area contributed by atoms with Crippen LogP contribution in [0.4, 0.5) is 0 Å². The molecule has 1 heterocycles. The highest BCUT2D eigenvalue weighted by Gasteiger charge is 2.16. The lowest BCUT2D eigenvalue weighted by molar-refractivity contribution is 0.633. The highest BCUT2D eigenvalue weighted by atomic mass is 15.3. The molecule has 0 radical (unpaired) electrons. The number of hydrogen-bond acceptors (Lipinski definition) is 1. The van der Waals surface area contributed by atoms with Crippen LogP contribution in [-0.2, 0) is 13.5 Å². The zero-order valence-corrected chi connectivity index (χ0v) is 7.83. The van der Waals surface area contributed by atoms with Crippen LogP contribution < -0.4 is 0 Å². The summed E-state index contributed by atoms with van der Waals surface area (Å²) in [7, 11) is 2.03. The minimum absolute atomic E-state index is 0.660. The highest BCUT2D eigenvalue weighted by Crippen LogP contribution is 2.24. The maximum Gasteiger partial charge on any atom is 0.0668 e. The van der Waals surface area contributed by atoms with Crippen LogP contribution in [0, 0.1) is 12.8 Å². The summed E-state index contributed by atoms with van der Waals surface area (Å²) >= 11 is 0. The van der Waals surface area contributed by atoms with Crippen LogP contribution in [0.2, 0.25) is 0 Å². The lowest BCUT2D eigenvalue weighted by Crippen LogP contribution is -2.07. The van der Waals surface area contributed by atoms with Crippen molar-refractivity contribution in [3.63, 3.8) is 0 Å². The monoisotopic (exact) mass is 162 g/mol. The summed E-state index contributed by atoms with van der Waals surface area (Å²) < 4.78 is 2.00. The maximum absolute atomic E-state index is 4.39. The van der Waals surface area contributed by atoms with Crippen molar-refractivity contribution >= 4 is 6.08 Å². The lowest BCUT2D eigenvalue weighted by Gasteiger charge is -2.12. The standard InChI is InChI=1S/C10H14N2/c1-7-4-5-9-8(2)11-12(3)10(9)6-7/h4-5,7H,6H2,1-3H3. The van der Waals surface area contributed by atoms with E-state index in [0.717, 1.165) is 12.1 Å². The smallest absolute Gasteiger partial charge is 0.0668 e. The van der Waals surface area contributed by atoms with E-state index in [2.05, 4.69) is 31.1 Å². The number of rotatable bonds is 0. The van der Waals surface area contributed by atoms with Crippen molar-refractivity contribution < 1.29 is 0 Å². The number of aromatic nitrogens is 2. The molecule has 2 heteroatoms. The van der Waals surface area contributed by atoms with E-state index in [-0.39, 0.29) is 0 Å². The summed E-state index contributed by atoms with van der Waals surface area (Å²) in [6.07, 6.45) is 5.59. The topological polar surface area (TPSA) is 17.8 Å². The number of fused-ring (bicyclic) bond motifs is 1. The number of nitrogens with zero attached hydrogens (tertiary/aromatic N) is 2. The van der Waals surface area contributed by atoms with Gasteiger partial charge in [0.1, 0.15) is 0 Å². The summed E-state index contributed by atoms with van der Waals surface area (Å²) in [5.74, 6) is 0.660. The van der Waals surface area contributed by atoms with Crippen molar-refractivity contribution in [2.75, 3.05) is 0 Å². The Bertz CT molecular complexity index is 334. The third-order valence-electron chi connectivity index (χ3n) is 2.50. The van der Waals surface area contributed by atoms with Gasteiger partial charge < -0.3 is 0 Å². The Kier molecular flexibility index (Phi) is 1.56. The average molecular weight is 162 g/mol. The van der Waals surface area contributed by atoms with Gasteiger partial charge in [0.05, 0.1) is 5.69 Å². The van der Waals surface area contributed by atoms with Crippen LogP contribution >= 0.6 is 0 Å². The van der Waals surface area contributed by atoms with Gasteiger partial charge >= 0.3 is 0 Å². The third-order valence-corrected chi connectivity index (χ3v) is 2.50. The molecule has 64 valence electrons. The zero-order valence-electron chi connectivity index (χ0n) is 7.83. The third kappa shape index (κ3) is 0.986. The van der Waals surface area contributed by atoms with Gasteiger partial charge in [-0.25, -0.2) is 0 Å². The molecule has 12 heavy (non-hydrogen) atoms. The van der Waals surface area contributed by atoms with E-state index in [1.165, 1.54) is 11.3 Å². The molecule has 0 bridgehead atoms. The van der Waals surface area contributed by atoms with Crippen molar-refractivity contribution in [2.24, 2.45) is 13.0 Å². The fourth-order valence-corrected chi connectivity index (χ4v) is 1.81. The van der Waals surface area contributed by atoms with E-state index < -0.39 is 0 Å². The fraction of sp³-hybridized carbons (Fsp3) is 0.500. The number of allylic oxidation sites excluding steroid dienone is 1. The molecular formula is C10H14N2. The SMILES string of the molecule is Cc1nn(C)c2c1C=CC(C)C2. The van der Waals surface area contributed by atoms with Gasteiger partial charge in [0.25, 0.3) is 0 Å². The normalized spacial score (nSPS) is 21.1. The summed E-state index contributed by atoms with van der Waals surface area (Å²) in [5.41, 5.74) is 3.86. The molecule has 0 amide bonds. The first kappa shape index (κ1) is 7.59. The van der Waals surface area contributed by atoms with E-state index in [1.54, 1.807) is 0 Å². The predicted molar refractivity (Wildman–Crippen MR) is 49.8 cm³/mol. The molecule has 1 aliphatic carbocycles. The van der Waals surface area contributed by atoms with E-state index >= 15 is 0 Å². The van der Waals surface area contributed by atoms with Crippen LogP contribution in [0.5, 0.6) is 0 Å². The molecule has 0 spiro atoms. The van der Waals surface area contributed by atoms with Crippen molar-refractivity contribution in [1.29, 1.82) is 0 Å². The van der Waals surface area contributed by atoms with Gasteiger partial charge in [-0.15, -0.1) is 0 Å². The molecule has 0 saturated carbocycles. The molecule has 0 aliphatic heterocycles. The predicted octanol–water partition coefficient (Wildman–Crippen LogP) is 1.93. The van der Waals surface area contributed by atoms with Gasteiger partial charge in [-0.3, -0.25) is 4.68 Å². The van der Waals surface area contributed by atoms with Crippen LogP contribution in [-0.4, -0.2) is 9.78 Å². The summed E-state index contributed by atoms with van der Waals surface area (Å²) in [6, 6.07) is 0. The molecular weight excluding hydrogens is 148 g/mol. The molecule has 2 rings (SSSR count). The Morgan fingerprint density at radius 2 is 2.33 bits per heavy atom. The number of hydrogen-bond donors (Lipinski definition) is 0. The van der Waals surface area contributed by atoms with E-state index in [1.807, 2.05) is 11.7 Å². The molecule has 1 aromatic heterocycles. The van der Waals surface area contributed by atoms with Gasteiger partial charge in [0, 0.05) is 18.3 Å². The molecule has 0 N–H and O–H groups in total. The van der Waals surface area contributed by atoms with E-state index in [9.17, 15) is 0 Å². The molecule has 0 aromatic carbocycles. The van der Waals surface area contributed by atoms with Gasteiger partial charge in [-0.1, -0.05) is 19.1 Å². The summed E-state index contributed by atoms with van der Waals surface area (Å²) in [4.78, 5) is 0. The second-order valence-electron chi connectivity index (χ2n) is 3.61. The Labute approximate surface area is 72.9 Å². The van der Waals surface area contributed by atoms with Crippen LogP contribution in [0.3, 0.4) is 0 Å². The lowest BCUT2D eigenvalue weighted by atomic mass is 9.95. The minimum Gasteiger partial charge on any atom is -0.272 e. The Balaban J connectivity index is 2.55. The Morgan fingerprint density at radius 3 is 3.08 bits per heavy atom. The van der Waals surface area contributed by atoms with Crippen LogP contribution in [0.15, 0.2) is 6.08 Å². The van der Waals surface area contributed by atoms with Crippen molar-refractivity contribution in [3.05, 3.63) is 23.0 Å². The minimum atomic E-state index is 0.660. The molecule has 1 aromatic rings. The first-order valence-electron chi connectivity index (χ1n) is 4.39. The van der Waals surface area contributed by atoms with Crippen molar-refractivity contribution in [2.45, 2.75) is 20.3 Å². The molecule has 1 aliphatic rings. The second kappa shape index (κ2) is 2.47. The van der Waals surface area contributed by atoms with E-state index in [4.69, 9.17) is 0 Å². The Hall–Kier alpha value is -1.05. The quantitative estimate of drug-likeness (QED) is 0.570. The van der Waals surface area contributed by atoms with Crippen LogP contribution in [0.1, 0.15) is 23.9 Å². The van der Waals surface area contributed by atoms with Crippen LogP contribution in [0.25, 0.3) is 6.08 Å². The second-order valence-corrected chi connectivity index (χ2v) is 3.61.